The van der Waals surface area contributed by atoms with Gasteiger partial charge in [-0.05, 0) is 37.1 Å². The van der Waals surface area contributed by atoms with Crippen LogP contribution in [0.15, 0.2) is 23.8 Å². The number of nitrogens with zero attached hydrogens (tertiary/aromatic N) is 1. The number of carboxylic acid groups (broad SMARTS) is 1. The van der Waals surface area contributed by atoms with E-state index >= 15 is 0 Å². The second-order valence-corrected chi connectivity index (χ2v) is 4.32. The molecule has 0 amide bonds. The number of hydrogen-bond acceptors (Lipinski definition) is 4. The smallest absolute Gasteiger partial charge is 0.346 e. The molecule has 0 atom stereocenters. The molecule has 0 radical (unpaired) electrons. The minimum atomic E-state index is -1.25. The Morgan fingerprint density at radius 2 is 2.10 bits per heavy atom. The first-order valence-electron chi connectivity index (χ1n) is 6.87. The number of benzene rings is 1. The minimum absolute atomic E-state index is 0.322. The van der Waals surface area contributed by atoms with Crippen LogP contribution < -0.4 is 9.47 Å². The Bertz CT molecular complexity index is 558. The maximum atomic E-state index is 10.8. The molecule has 0 aromatic heterocycles. The van der Waals surface area contributed by atoms with Crippen LogP contribution in [0.5, 0.6) is 11.5 Å². The number of nitriles is 1. The molecule has 1 N–H and O–H groups in total. The fraction of sp³-hybridized carbons (Fsp3) is 0.375. The minimum Gasteiger partial charge on any atom is -0.490 e. The van der Waals surface area contributed by atoms with E-state index in [2.05, 4.69) is 6.92 Å². The predicted molar refractivity (Wildman–Crippen MR) is 79.2 cm³/mol. The molecule has 5 heteroatoms. The van der Waals surface area contributed by atoms with Gasteiger partial charge in [-0.3, -0.25) is 0 Å². The second kappa shape index (κ2) is 8.64. The molecule has 0 fully saturated rings. The summed E-state index contributed by atoms with van der Waals surface area (Å²) in [6, 6.07) is 6.74. The van der Waals surface area contributed by atoms with Crippen molar-refractivity contribution in [1.82, 2.24) is 0 Å². The maximum absolute atomic E-state index is 10.8. The fourth-order valence-electron chi connectivity index (χ4n) is 1.64. The zero-order chi connectivity index (χ0) is 15.7. The van der Waals surface area contributed by atoms with E-state index in [1.54, 1.807) is 24.3 Å². The van der Waals surface area contributed by atoms with Crippen LogP contribution in [0, 0.1) is 11.3 Å². The van der Waals surface area contributed by atoms with Gasteiger partial charge in [0.1, 0.15) is 11.6 Å². The first-order valence-corrected chi connectivity index (χ1v) is 6.87. The fourth-order valence-corrected chi connectivity index (χ4v) is 1.64. The van der Waals surface area contributed by atoms with Gasteiger partial charge in [0.25, 0.3) is 0 Å². The van der Waals surface area contributed by atoms with Crippen LogP contribution in [-0.2, 0) is 4.79 Å². The van der Waals surface area contributed by atoms with Gasteiger partial charge in [-0.25, -0.2) is 4.79 Å². The molecule has 112 valence electrons. The van der Waals surface area contributed by atoms with Gasteiger partial charge in [-0.15, -0.1) is 0 Å². The quantitative estimate of drug-likeness (QED) is 0.451. The zero-order valence-electron chi connectivity index (χ0n) is 12.3. The van der Waals surface area contributed by atoms with Crippen LogP contribution >= 0.6 is 0 Å². The van der Waals surface area contributed by atoms with E-state index in [-0.39, 0.29) is 5.57 Å². The van der Waals surface area contributed by atoms with Crippen LogP contribution in [0.2, 0.25) is 0 Å². The molecular formula is C16H19NO4. The molecule has 0 spiro atoms. The Morgan fingerprint density at radius 1 is 1.33 bits per heavy atom. The van der Waals surface area contributed by atoms with E-state index in [1.165, 1.54) is 6.08 Å². The number of unbranched alkanes of at least 4 members (excludes halogenated alkanes) is 1. The number of carbonyl (C=O) groups is 1. The topological polar surface area (TPSA) is 79.5 Å². The average molecular weight is 289 g/mol. The van der Waals surface area contributed by atoms with Gasteiger partial charge < -0.3 is 14.6 Å². The summed E-state index contributed by atoms with van der Waals surface area (Å²) >= 11 is 0. The van der Waals surface area contributed by atoms with E-state index in [1.807, 2.05) is 6.92 Å². The molecule has 0 heterocycles. The highest BCUT2D eigenvalue weighted by molar-refractivity contribution is 5.96. The molecule has 1 aromatic carbocycles. The van der Waals surface area contributed by atoms with Gasteiger partial charge in [0, 0.05) is 0 Å². The maximum Gasteiger partial charge on any atom is 0.346 e. The van der Waals surface area contributed by atoms with Crippen molar-refractivity contribution in [3.63, 3.8) is 0 Å². The highest BCUT2D eigenvalue weighted by atomic mass is 16.5. The lowest BCUT2D eigenvalue weighted by molar-refractivity contribution is -0.132. The van der Waals surface area contributed by atoms with Gasteiger partial charge in [0.15, 0.2) is 11.5 Å². The molecule has 0 saturated carbocycles. The lowest BCUT2D eigenvalue weighted by Gasteiger charge is -2.12. The Hall–Kier alpha value is -2.48. The summed E-state index contributed by atoms with van der Waals surface area (Å²) in [6.45, 7) is 5.01. The lowest BCUT2D eigenvalue weighted by atomic mass is 10.1. The van der Waals surface area contributed by atoms with Crippen molar-refractivity contribution >= 4 is 12.0 Å². The molecule has 0 saturated heterocycles. The van der Waals surface area contributed by atoms with Crippen LogP contribution in [0.1, 0.15) is 32.3 Å². The molecule has 1 rings (SSSR count). The average Bonchev–Trinajstić information content (AvgIpc) is 2.47. The summed E-state index contributed by atoms with van der Waals surface area (Å²) in [7, 11) is 0. The van der Waals surface area contributed by atoms with E-state index in [0.717, 1.165) is 12.8 Å². The number of hydrogen-bond donors (Lipinski definition) is 1. The van der Waals surface area contributed by atoms with E-state index in [4.69, 9.17) is 19.8 Å². The second-order valence-electron chi connectivity index (χ2n) is 4.32. The highest BCUT2D eigenvalue weighted by Crippen LogP contribution is 2.29. The molecular weight excluding hydrogens is 270 g/mol. The normalized spacial score (nSPS) is 10.8. The van der Waals surface area contributed by atoms with Crippen LogP contribution in [0.25, 0.3) is 6.08 Å². The molecule has 1 aromatic rings. The Balaban J connectivity index is 3.02. The summed E-state index contributed by atoms with van der Waals surface area (Å²) in [5, 5.41) is 17.6. The Morgan fingerprint density at radius 3 is 2.67 bits per heavy atom. The molecule has 0 aliphatic heterocycles. The summed E-state index contributed by atoms with van der Waals surface area (Å²) in [5.74, 6) is -0.0833. The van der Waals surface area contributed by atoms with Crippen molar-refractivity contribution in [3.8, 4) is 17.6 Å². The van der Waals surface area contributed by atoms with Crippen molar-refractivity contribution in [1.29, 1.82) is 5.26 Å². The summed E-state index contributed by atoms with van der Waals surface area (Å²) < 4.78 is 11.1. The van der Waals surface area contributed by atoms with Crippen molar-refractivity contribution in [3.05, 3.63) is 29.3 Å². The van der Waals surface area contributed by atoms with Gasteiger partial charge >= 0.3 is 5.97 Å². The van der Waals surface area contributed by atoms with Crippen molar-refractivity contribution in [2.24, 2.45) is 0 Å². The number of carboxylic acids is 1. The molecule has 0 aliphatic rings. The van der Waals surface area contributed by atoms with Crippen LogP contribution in [0.3, 0.4) is 0 Å². The molecule has 5 nitrogen and oxygen atoms in total. The number of rotatable bonds is 8. The molecule has 21 heavy (non-hydrogen) atoms. The largest absolute Gasteiger partial charge is 0.490 e. The van der Waals surface area contributed by atoms with Crippen LogP contribution in [0.4, 0.5) is 0 Å². The van der Waals surface area contributed by atoms with Crippen molar-refractivity contribution in [2.45, 2.75) is 26.7 Å². The first kappa shape index (κ1) is 16.6. The first-order chi connectivity index (χ1) is 10.1. The SMILES string of the molecule is CCCCOc1ccc(C=C(C#N)C(=O)O)cc1OCC. The van der Waals surface area contributed by atoms with E-state index in [9.17, 15) is 4.79 Å². The predicted octanol–water partition coefficient (Wildman–Crippen LogP) is 3.26. The highest BCUT2D eigenvalue weighted by Gasteiger charge is 2.09. The van der Waals surface area contributed by atoms with Gasteiger partial charge in [-0.1, -0.05) is 19.4 Å². The number of ether oxygens (including phenoxy) is 2. The summed E-state index contributed by atoms with van der Waals surface area (Å²) in [6.07, 6.45) is 3.29. The van der Waals surface area contributed by atoms with Crippen molar-refractivity contribution < 1.29 is 19.4 Å². The monoisotopic (exact) mass is 289 g/mol. The Kier molecular flexibility index (Phi) is 6.82. The number of aliphatic carboxylic acids is 1. The van der Waals surface area contributed by atoms with Gasteiger partial charge in [0.2, 0.25) is 0 Å². The van der Waals surface area contributed by atoms with Gasteiger partial charge in [-0.2, -0.15) is 5.26 Å². The van der Waals surface area contributed by atoms with E-state index < -0.39 is 5.97 Å². The third-order valence-electron chi connectivity index (χ3n) is 2.68. The zero-order valence-corrected chi connectivity index (χ0v) is 12.3. The third kappa shape index (κ3) is 5.19. The molecule has 0 unspecified atom stereocenters. The van der Waals surface area contributed by atoms with Crippen molar-refractivity contribution in [2.75, 3.05) is 13.2 Å². The Labute approximate surface area is 124 Å². The van der Waals surface area contributed by atoms with Gasteiger partial charge in [0.05, 0.1) is 13.2 Å². The molecule has 0 bridgehead atoms. The lowest BCUT2D eigenvalue weighted by Crippen LogP contribution is -2.01. The molecule has 0 aliphatic carbocycles. The van der Waals surface area contributed by atoms with Crippen LogP contribution in [-0.4, -0.2) is 24.3 Å². The third-order valence-corrected chi connectivity index (χ3v) is 2.68. The summed E-state index contributed by atoms with van der Waals surface area (Å²) in [5.41, 5.74) is 0.261. The van der Waals surface area contributed by atoms with E-state index in [0.29, 0.717) is 30.3 Å². The summed E-state index contributed by atoms with van der Waals surface area (Å²) in [4.78, 5) is 10.8. The standard InChI is InChI=1S/C16H19NO4/c1-3-5-8-21-14-7-6-12(10-15(14)20-4-2)9-13(11-17)16(18)19/h6-7,9-10H,3-5,8H2,1-2H3,(H,18,19).